The summed E-state index contributed by atoms with van der Waals surface area (Å²) in [5.74, 6) is 0.487. The molecule has 2 heterocycles. The van der Waals surface area contributed by atoms with Crippen LogP contribution in [0.15, 0.2) is 30.3 Å². The van der Waals surface area contributed by atoms with Crippen LogP contribution < -0.4 is 5.32 Å². The molecule has 1 aromatic carbocycles. The molecule has 1 amide bonds. The van der Waals surface area contributed by atoms with Crippen LogP contribution in [-0.4, -0.2) is 27.6 Å². The third kappa shape index (κ3) is 3.27. The Balaban J connectivity index is 1.26. The summed E-state index contributed by atoms with van der Waals surface area (Å²) >= 11 is 1.72. The number of H-pyrrole nitrogens is 1. The molecular formula is C17H18N4OS. The summed E-state index contributed by atoms with van der Waals surface area (Å²) in [5.41, 5.74) is 2.64. The Morgan fingerprint density at radius 1 is 1.35 bits per heavy atom. The van der Waals surface area contributed by atoms with E-state index in [9.17, 15) is 4.79 Å². The molecule has 0 spiro atoms. The first kappa shape index (κ1) is 14.4. The number of aromatic nitrogens is 3. The second kappa shape index (κ2) is 6.12. The van der Waals surface area contributed by atoms with E-state index < -0.39 is 0 Å². The van der Waals surface area contributed by atoms with Crippen molar-refractivity contribution < 1.29 is 4.79 Å². The standard InChI is InChI=1S/C17H18N4OS/c22-17(14-10-13(20-21-14)11-7-8-11)18-9-3-6-16-19-12-4-1-2-5-15(12)23-16/h1-2,4-5,10-11H,3,6-9H2,(H,18,22)(H,20,21). The Bertz CT molecular complexity index is 801. The summed E-state index contributed by atoms with van der Waals surface area (Å²) in [6.45, 7) is 0.639. The number of thiazole rings is 1. The van der Waals surface area contributed by atoms with Crippen LogP contribution in [0.2, 0.25) is 0 Å². The summed E-state index contributed by atoms with van der Waals surface area (Å²) in [5, 5.41) is 11.1. The van der Waals surface area contributed by atoms with E-state index in [0.717, 1.165) is 29.1 Å². The molecule has 0 bridgehead atoms. The fourth-order valence-corrected chi connectivity index (χ4v) is 3.62. The molecule has 0 atom stereocenters. The van der Waals surface area contributed by atoms with Gasteiger partial charge in [0, 0.05) is 24.6 Å². The molecule has 0 unspecified atom stereocenters. The Labute approximate surface area is 138 Å². The Hall–Kier alpha value is -2.21. The summed E-state index contributed by atoms with van der Waals surface area (Å²) in [7, 11) is 0. The maximum Gasteiger partial charge on any atom is 0.271 e. The molecule has 1 fully saturated rings. The minimum absolute atomic E-state index is 0.0996. The van der Waals surface area contributed by atoms with Gasteiger partial charge in [-0.2, -0.15) is 5.10 Å². The first-order valence-corrected chi connectivity index (χ1v) is 8.79. The SMILES string of the molecule is O=C(NCCCc1nc2ccccc2s1)c1cc(C2CC2)[nH]n1. The van der Waals surface area contributed by atoms with E-state index in [2.05, 4.69) is 26.6 Å². The summed E-state index contributed by atoms with van der Waals surface area (Å²) in [6, 6.07) is 10.0. The number of aromatic amines is 1. The van der Waals surface area contributed by atoms with Crippen molar-refractivity contribution in [2.75, 3.05) is 6.54 Å². The van der Waals surface area contributed by atoms with Gasteiger partial charge < -0.3 is 5.32 Å². The van der Waals surface area contributed by atoms with E-state index in [1.807, 2.05) is 24.3 Å². The fourth-order valence-electron chi connectivity index (χ4n) is 2.62. The zero-order valence-corrected chi connectivity index (χ0v) is 13.5. The lowest BCUT2D eigenvalue weighted by Crippen LogP contribution is -2.25. The monoisotopic (exact) mass is 326 g/mol. The van der Waals surface area contributed by atoms with E-state index in [0.29, 0.717) is 18.2 Å². The molecule has 2 N–H and O–H groups in total. The number of hydrogen-bond donors (Lipinski definition) is 2. The van der Waals surface area contributed by atoms with Gasteiger partial charge in [0.2, 0.25) is 0 Å². The van der Waals surface area contributed by atoms with Crippen LogP contribution in [0.3, 0.4) is 0 Å². The van der Waals surface area contributed by atoms with E-state index in [1.54, 1.807) is 11.3 Å². The zero-order chi connectivity index (χ0) is 15.6. The van der Waals surface area contributed by atoms with Crippen molar-refractivity contribution in [1.29, 1.82) is 0 Å². The highest BCUT2D eigenvalue weighted by Gasteiger charge is 2.26. The first-order chi connectivity index (χ1) is 11.3. The maximum atomic E-state index is 12.0. The number of nitrogens with one attached hydrogen (secondary N) is 2. The van der Waals surface area contributed by atoms with Gasteiger partial charge in [0.15, 0.2) is 0 Å². The van der Waals surface area contributed by atoms with Crippen LogP contribution >= 0.6 is 11.3 Å². The predicted octanol–water partition coefficient (Wildman–Crippen LogP) is 3.26. The van der Waals surface area contributed by atoms with Gasteiger partial charge in [-0.25, -0.2) is 4.98 Å². The second-order valence-corrected chi connectivity index (χ2v) is 7.03. The highest BCUT2D eigenvalue weighted by molar-refractivity contribution is 7.18. The molecule has 4 rings (SSSR count). The first-order valence-electron chi connectivity index (χ1n) is 7.97. The minimum atomic E-state index is -0.0996. The van der Waals surface area contributed by atoms with Crippen LogP contribution in [0.1, 0.15) is 46.4 Å². The number of aryl methyl sites for hydroxylation is 1. The molecule has 6 heteroatoms. The topological polar surface area (TPSA) is 70.7 Å². The normalized spacial score (nSPS) is 14.3. The van der Waals surface area contributed by atoms with Crippen molar-refractivity contribution in [2.24, 2.45) is 0 Å². The number of rotatable bonds is 6. The van der Waals surface area contributed by atoms with Gasteiger partial charge >= 0.3 is 0 Å². The largest absolute Gasteiger partial charge is 0.351 e. The molecule has 1 saturated carbocycles. The number of hydrogen-bond acceptors (Lipinski definition) is 4. The molecular weight excluding hydrogens is 308 g/mol. The molecule has 2 aromatic heterocycles. The number of carbonyl (C=O) groups is 1. The zero-order valence-electron chi connectivity index (χ0n) is 12.7. The highest BCUT2D eigenvalue weighted by Crippen LogP contribution is 2.38. The van der Waals surface area contributed by atoms with E-state index in [1.165, 1.54) is 17.5 Å². The lowest BCUT2D eigenvalue weighted by molar-refractivity contribution is 0.0948. The number of para-hydroxylation sites is 1. The third-order valence-corrected chi connectivity index (χ3v) is 5.13. The van der Waals surface area contributed by atoms with Crippen molar-refractivity contribution in [3.8, 4) is 0 Å². The van der Waals surface area contributed by atoms with Crippen molar-refractivity contribution in [1.82, 2.24) is 20.5 Å². The Kier molecular flexibility index (Phi) is 3.83. The van der Waals surface area contributed by atoms with E-state index >= 15 is 0 Å². The van der Waals surface area contributed by atoms with Gasteiger partial charge in [-0.15, -0.1) is 11.3 Å². The van der Waals surface area contributed by atoms with Crippen molar-refractivity contribution in [3.05, 3.63) is 46.7 Å². The number of fused-ring (bicyclic) bond motifs is 1. The minimum Gasteiger partial charge on any atom is -0.351 e. The lowest BCUT2D eigenvalue weighted by atomic mass is 10.2. The van der Waals surface area contributed by atoms with Crippen molar-refractivity contribution >= 4 is 27.5 Å². The third-order valence-electron chi connectivity index (χ3n) is 4.04. The van der Waals surface area contributed by atoms with E-state index in [-0.39, 0.29) is 5.91 Å². The van der Waals surface area contributed by atoms with Gasteiger partial charge in [0.1, 0.15) is 5.69 Å². The quantitative estimate of drug-likeness (QED) is 0.683. The van der Waals surface area contributed by atoms with Crippen LogP contribution in [-0.2, 0) is 6.42 Å². The number of benzene rings is 1. The molecule has 118 valence electrons. The van der Waals surface area contributed by atoms with Gasteiger partial charge in [0.05, 0.1) is 15.2 Å². The summed E-state index contributed by atoms with van der Waals surface area (Å²) in [4.78, 5) is 16.7. The maximum absolute atomic E-state index is 12.0. The van der Waals surface area contributed by atoms with Gasteiger partial charge in [0.25, 0.3) is 5.91 Å². The Morgan fingerprint density at radius 3 is 3.04 bits per heavy atom. The summed E-state index contributed by atoms with van der Waals surface area (Å²) in [6.07, 6.45) is 4.16. The van der Waals surface area contributed by atoms with Crippen molar-refractivity contribution in [3.63, 3.8) is 0 Å². The molecule has 5 nitrogen and oxygen atoms in total. The highest BCUT2D eigenvalue weighted by atomic mass is 32.1. The fraction of sp³-hybridized carbons (Fsp3) is 0.353. The van der Waals surface area contributed by atoms with Crippen LogP contribution in [0.25, 0.3) is 10.2 Å². The average Bonchev–Trinajstić information content (AvgIpc) is 3.14. The van der Waals surface area contributed by atoms with Crippen molar-refractivity contribution in [2.45, 2.75) is 31.6 Å². The van der Waals surface area contributed by atoms with E-state index in [4.69, 9.17) is 0 Å². The second-order valence-electron chi connectivity index (χ2n) is 5.92. The molecule has 1 aliphatic carbocycles. The lowest BCUT2D eigenvalue weighted by Gasteiger charge is -2.01. The molecule has 0 radical (unpaired) electrons. The van der Waals surface area contributed by atoms with Gasteiger partial charge in [-0.05, 0) is 37.5 Å². The van der Waals surface area contributed by atoms with Crippen LogP contribution in [0.5, 0.6) is 0 Å². The number of amides is 1. The van der Waals surface area contributed by atoms with Crippen LogP contribution in [0, 0.1) is 0 Å². The number of nitrogens with zero attached hydrogens (tertiary/aromatic N) is 2. The molecule has 0 saturated heterocycles. The molecule has 23 heavy (non-hydrogen) atoms. The summed E-state index contributed by atoms with van der Waals surface area (Å²) < 4.78 is 1.22. The molecule has 1 aliphatic rings. The van der Waals surface area contributed by atoms with Crippen LogP contribution in [0.4, 0.5) is 0 Å². The number of carbonyl (C=O) groups excluding carboxylic acids is 1. The molecule has 0 aliphatic heterocycles. The smallest absolute Gasteiger partial charge is 0.271 e. The van der Waals surface area contributed by atoms with Gasteiger partial charge in [-0.3, -0.25) is 9.89 Å². The Morgan fingerprint density at radius 2 is 2.22 bits per heavy atom. The molecule has 3 aromatic rings. The van der Waals surface area contributed by atoms with Gasteiger partial charge in [-0.1, -0.05) is 12.1 Å². The average molecular weight is 326 g/mol. The predicted molar refractivity (Wildman–Crippen MR) is 90.8 cm³/mol.